The summed E-state index contributed by atoms with van der Waals surface area (Å²) in [6.45, 7) is 4.63. The maximum atomic E-state index is 12.2. The zero-order valence-corrected chi connectivity index (χ0v) is 13.1. The second-order valence-electron chi connectivity index (χ2n) is 5.70. The van der Waals surface area contributed by atoms with Crippen LogP contribution in [-0.2, 0) is 4.79 Å². The largest absolute Gasteiger partial charge is 0.330 e. The Balaban J connectivity index is 2.07. The summed E-state index contributed by atoms with van der Waals surface area (Å²) in [5.74, 6) is 0.0821. The number of hydrogen-bond acceptors (Lipinski definition) is 2. The van der Waals surface area contributed by atoms with Gasteiger partial charge in [0.1, 0.15) is 0 Å². The van der Waals surface area contributed by atoms with Crippen molar-refractivity contribution in [2.75, 3.05) is 11.9 Å². The first-order valence-electron chi connectivity index (χ1n) is 6.72. The minimum Gasteiger partial charge on any atom is -0.330 e. The maximum absolute atomic E-state index is 12.2. The van der Waals surface area contributed by atoms with Crippen LogP contribution < -0.4 is 11.1 Å². The molecule has 0 aliphatic heterocycles. The molecule has 1 aliphatic rings. The number of carbonyl (C=O) groups is 1. The van der Waals surface area contributed by atoms with Gasteiger partial charge in [0, 0.05) is 16.6 Å². The van der Waals surface area contributed by atoms with Gasteiger partial charge in [-0.25, -0.2) is 0 Å². The van der Waals surface area contributed by atoms with Gasteiger partial charge in [0.05, 0.1) is 0 Å². The van der Waals surface area contributed by atoms with Crippen LogP contribution in [0.3, 0.4) is 0 Å². The van der Waals surface area contributed by atoms with E-state index in [1.165, 1.54) is 6.42 Å². The molecule has 0 heterocycles. The topological polar surface area (TPSA) is 55.1 Å². The van der Waals surface area contributed by atoms with Crippen molar-refractivity contribution in [1.82, 2.24) is 0 Å². The standard InChI is InChI=1S/C15H21BrN2O/c1-10-6-12(16)7-11(2)14(10)18-13(19)8-15(9-17)4-3-5-15/h6-7H,3-5,8-9,17H2,1-2H3,(H,18,19). The van der Waals surface area contributed by atoms with Gasteiger partial charge in [-0.05, 0) is 61.9 Å². The molecule has 3 N–H and O–H groups in total. The van der Waals surface area contributed by atoms with E-state index in [2.05, 4.69) is 21.2 Å². The molecule has 19 heavy (non-hydrogen) atoms. The van der Waals surface area contributed by atoms with Gasteiger partial charge in [-0.15, -0.1) is 0 Å². The summed E-state index contributed by atoms with van der Waals surface area (Å²) in [6.07, 6.45) is 3.89. The summed E-state index contributed by atoms with van der Waals surface area (Å²) in [7, 11) is 0. The lowest BCUT2D eigenvalue weighted by Gasteiger charge is -2.40. The fraction of sp³-hybridized carbons (Fsp3) is 0.533. The Hall–Kier alpha value is -0.870. The van der Waals surface area contributed by atoms with Crippen LogP contribution in [0.15, 0.2) is 16.6 Å². The minimum absolute atomic E-state index is 0.0568. The van der Waals surface area contributed by atoms with Crippen LogP contribution in [0.25, 0.3) is 0 Å². The van der Waals surface area contributed by atoms with Gasteiger partial charge >= 0.3 is 0 Å². The number of hydrogen-bond donors (Lipinski definition) is 2. The Labute approximate surface area is 123 Å². The molecular formula is C15H21BrN2O. The van der Waals surface area contributed by atoms with E-state index in [9.17, 15) is 4.79 Å². The number of aryl methyl sites for hydroxylation is 2. The molecule has 0 unspecified atom stereocenters. The van der Waals surface area contributed by atoms with E-state index in [0.29, 0.717) is 13.0 Å². The molecule has 0 spiro atoms. The van der Waals surface area contributed by atoms with Gasteiger partial charge < -0.3 is 11.1 Å². The molecule has 104 valence electrons. The first-order valence-corrected chi connectivity index (χ1v) is 7.52. The lowest BCUT2D eigenvalue weighted by molar-refractivity contribution is -0.119. The monoisotopic (exact) mass is 324 g/mol. The predicted molar refractivity (Wildman–Crippen MR) is 82.2 cm³/mol. The van der Waals surface area contributed by atoms with Crippen molar-refractivity contribution in [3.63, 3.8) is 0 Å². The molecule has 2 rings (SSSR count). The number of halogens is 1. The van der Waals surface area contributed by atoms with Crippen molar-refractivity contribution in [3.8, 4) is 0 Å². The van der Waals surface area contributed by atoms with Crippen LogP contribution in [0.5, 0.6) is 0 Å². The number of rotatable bonds is 4. The third kappa shape index (κ3) is 3.18. The molecule has 0 saturated heterocycles. The molecule has 1 aliphatic carbocycles. The van der Waals surface area contributed by atoms with E-state index in [4.69, 9.17) is 5.73 Å². The van der Waals surface area contributed by atoms with Crippen molar-refractivity contribution in [2.45, 2.75) is 39.5 Å². The van der Waals surface area contributed by atoms with Crippen LogP contribution in [0, 0.1) is 19.3 Å². The van der Waals surface area contributed by atoms with Crippen molar-refractivity contribution in [2.24, 2.45) is 11.1 Å². The summed E-state index contributed by atoms with van der Waals surface area (Å²) < 4.78 is 1.04. The van der Waals surface area contributed by atoms with Crippen molar-refractivity contribution < 1.29 is 4.79 Å². The highest BCUT2D eigenvalue weighted by Crippen LogP contribution is 2.43. The number of nitrogens with one attached hydrogen (secondary N) is 1. The molecule has 4 heteroatoms. The average molecular weight is 325 g/mol. The van der Waals surface area contributed by atoms with E-state index in [-0.39, 0.29) is 11.3 Å². The Morgan fingerprint density at radius 2 is 1.95 bits per heavy atom. The fourth-order valence-corrected chi connectivity index (χ4v) is 3.45. The summed E-state index contributed by atoms with van der Waals surface area (Å²) in [5, 5.41) is 3.05. The van der Waals surface area contributed by atoms with E-state index in [0.717, 1.165) is 34.1 Å². The molecule has 1 aromatic carbocycles. The number of carbonyl (C=O) groups excluding carboxylic acids is 1. The highest BCUT2D eigenvalue weighted by atomic mass is 79.9. The number of benzene rings is 1. The maximum Gasteiger partial charge on any atom is 0.224 e. The SMILES string of the molecule is Cc1cc(Br)cc(C)c1NC(=O)CC1(CN)CCC1. The summed E-state index contributed by atoms with van der Waals surface area (Å²) in [4.78, 5) is 12.2. The summed E-state index contributed by atoms with van der Waals surface area (Å²) >= 11 is 3.46. The highest BCUT2D eigenvalue weighted by molar-refractivity contribution is 9.10. The first kappa shape index (κ1) is 14.5. The molecule has 3 nitrogen and oxygen atoms in total. The van der Waals surface area contributed by atoms with Crippen LogP contribution >= 0.6 is 15.9 Å². The second kappa shape index (κ2) is 5.63. The molecule has 0 atom stereocenters. The van der Waals surface area contributed by atoms with E-state index < -0.39 is 0 Å². The minimum atomic E-state index is 0.0568. The van der Waals surface area contributed by atoms with Gasteiger partial charge in [-0.1, -0.05) is 22.4 Å². The smallest absolute Gasteiger partial charge is 0.224 e. The molecule has 1 aromatic rings. The van der Waals surface area contributed by atoms with Gasteiger partial charge in [0.2, 0.25) is 5.91 Å². The Morgan fingerprint density at radius 1 is 1.37 bits per heavy atom. The van der Waals surface area contributed by atoms with Gasteiger partial charge in [-0.2, -0.15) is 0 Å². The first-order chi connectivity index (χ1) is 8.96. The normalized spacial score (nSPS) is 16.8. The van der Waals surface area contributed by atoms with Crippen molar-refractivity contribution in [3.05, 3.63) is 27.7 Å². The van der Waals surface area contributed by atoms with Gasteiger partial charge in [0.15, 0.2) is 0 Å². The lowest BCUT2D eigenvalue weighted by atomic mass is 9.66. The summed E-state index contributed by atoms with van der Waals surface area (Å²) in [5.41, 5.74) is 8.95. The van der Waals surface area contributed by atoms with Crippen LogP contribution in [-0.4, -0.2) is 12.5 Å². The van der Waals surface area contributed by atoms with Crippen molar-refractivity contribution in [1.29, 1.82) is 0 Å². The lowest BCUT2D eigenvalue weighted by Crippen LogP contribution is -2.40. The zero-order chi connectivity index (χ0) is 14.0. The fourth-order valence-electron chi connectivity index (χ4n) is 2.76. The number of anilines is 1. The van der Waals surface area contributed by atoms with Gasteiger partial charge in [-0.3, -0.25) is 4.79 Å². The van der Waals surface area contributed by atoms with E-state index >= 15 is 0 Å². The molecule has 1 amide bonds. The van der Waals surface area contributed by atoms with E-state index in [1.807, 2.05) is 26.0 Å². The molecule has 1 fully saturated rings. The third-order valence-corrected chi connectivity index (χ3v) is 4.60. The Kier molecular flexibility index (Phi) is 4.31. The molecular weight excluding hydrogens is 304 g/mol. The molecule has 1 saturated carbocycles. The third-order valence-electron chi connectivity index (χ3n) is 4.14. The Bertz CT molecular complexity index is 466. The quantitative estimate of drug-likeness (QED) is 0.890. The van der Waals surface area contributed by atoms with Crippen molar-refractivity contribution >= 4 is 27.5 Å². The molecule has 0 radical (unpaired) electrons. The highest BCUT2D eigenvalue weighted by Gasteiger charge is 2.37. The van der Waals surface area contributed by atoms with Crippen LogP contribution in [0.4, 0.5) is 5.69 Å². The average Bonchev–Trinajstić information content (AvgIpc) is 2.28. The summed E-state index contributed by atoms with van der Waals surface area (Å²) in [6, 6.07) is 4.04. The van der Waals surface area contributed by atoms with E-state index in [1.54, 1.807) is 0 Å². The molecule has 0 aromatic heterocycles. The zero-order valence-electron chi connectivity index (χ0n) is 11.6. The number of amides is 1. The van der Waals surface area contributed by atoms with Gasteiger partial charge in [0.25, 0.3) is 0 Å². The van der Waals surface area contributed by atoms with Crippen LogP contribution in [0.2, 0.25) is 0 Å². The Morgan fingerprint density at radius 3 is 2.37 bits per heavy atom. The second-order valence-corrected chi connectivity index (χ2v) is 6.61. The predicted octanol–water partition coefficient (Wildman–Crippen LogP) is 3.52. The number of nitrogens with two attached hydrogens (primary N) is 1. The molecule has 0 bridgehead atoms. The van der Waals surface area contributed by atoms with Crippen LogP contribution in [0.1, 0.15) is 36.8 Å².